The molecule has 7 nitrogen and oxygen atoms in total. The van der Waals surface area contributed by atoms with Crippen LogP contribution in [0.5, 0.6) is 0 Å². The Kier molecular flexibility index (Phi) is 3.33. The molecular weight excluding hydrogens is 247 g/mol. The Morgan fingerprint density at radius 3 is 2.78 bits per heavy atom. The molecule has 1 aromatic rings. The smallest absolute Gasteiger partial charge is 0.333 e. The second-order valence-corrected chi connectivity index (χ2v) is 4.15. The fourth-order valence-electron chi connectivity index (χ4n) is 1.91. The minimum absolute atomic E-state index is 0.0444. The third-order valence-electron chi connectivity index (χ3n) is 2.96. The van der Waals surface area contributed by atoms with Gasteiger partial charge in [0.1, 0.15) is 12.3 Å². The van der Waals surface area contributed by atoms with Crippen molar-refractivity contribution in [3.05, 3.63) is 32.9 Å². The highest BCUT2D eigenvalue weighted by Gasteiger charge is 2.35. The fraction of sp³-hybridized carbons (Fsp3) is 0.600. The molecule has 1 aliphatic rings. The van der Waals surface area contributed by atoms with E-state index in [0.29, 0.717) is 4.57 Å². The number of nitrogens with zero attached hydrogens (tertiary/aromatic N) is 2. The average Bonchev–Trinajstić information content (AvgIpc) is 2.72. The largest absolute Gasteiger partial charge is 0.394 e. The van der Waals surface area contributed by atoms with Gasteiger partial charge in [0.25, 0.3) is 5.56 Å². The molecular formula is C10H13FN2O5. The monoisotopic (exact) mass is 260 g/mol. The van der Waals surface area contributed by atoms with Crippen LogP contribution in [0, 0.1) is 5.82 Å². The maximum Gasteiger partial charge on any atom is 0.333 e. The van der Waals surface area contributed by atoms with Crippen LogP contribution in [-0.4, -0.2) is 38.2 Å². The number of aliphatic hydroxyl groups is 2. The summed E-state index contributed by atoms with van der Waals surface area (Å²) in [7, 11) is 1.15. The standard InChI is InChI=1S/C10H13FN2O5/c1-12-9(16)5(11)3-13(10(12)17)8-2-6(15)7(4-14)18-8/h3,6-8,14-15H,2,4H2,1H3/t6-,7-,8-/m1/s1. The molecule has 2 N–H and O–H groups in total. The van der Waals surface area contributed by atoms with Gasteiger partial charge in [-0.2, -0.15) is 4.39 Å². The average molecular weight is 260 g/mol. The van der Waals surface area contributed by atoms with E-state index in [2.05, 4.69) is 0 Å². The summed E-state index contributed by atoms with van der Waals surface area (Å²) in [6.07, 6.45) is -1.86. The van der Waals surface area contributed by atoms with E-state index >= 15 is 0 Å². The van der Waals surface area contributed by atoms with Crippen LogP contribution in [0.15, 0.2) is 15.8 Å². The molecule has 1 aromatic heterocycles. The molecule has 0 aromatic carbocycles. The van der Waals surface area contributed by atoms with Gasteiger partial charge in [0.2, 0.25) is 5.82 Å². The first kappa shape index (κ1) is 12.9. The quantitative estimate of drug-likeness (QED) is 0.663. The molecule has 100 valence electrons. The van der Waals surface area contributed by atoms with E-state index in [9.17, 15) is 19.1 Å². The van der Waals surface area contributed by atoms with Crippen molar-refractivity contribution in [1.82, 2.24) is 9.13 Å². The molecule has 2 rings (SSSR count). The van der Waals surface area contributed by atoms with Crippen LogP contribution in [0.4, 0.5) is 4.39 Å². The number of aromatic nitrogens is 2. The Balaban J connectivity index is 2.42. The van der Waals surface area contributed by atoms with E-state index in [1.807, 2.05) is 0 Å². The summed E-state index contributed by atoms with van der Waals surface area (Å²) >= 11 is 0. The van der Waals surface area contributed by atoms with Crippen molar-refractivity contribution in [3.63, 3.8) is 0 Å². The number of hydrogen-bond acceptors (Lipinski definition) is 5. The van der Waals surface area contributed by atoms with Gasteiger partial charge in [-0.05, 0) is 0 Å². The highest BCUT2D eigenvalue weighted by atomic mass is 19.1. The first-order valence-corrected chi connectivity index (χ1v) is 5.37. The van der Waals surface area contributed by atoms with Crippen LogP contribution < -0.4 is 11.2 Å². The summed E-state index contributed by atoms with van der Waals surface area (Å²) in [4.78, 5) is 23.0. The molecule has 8 heteroatoms. The first-order valence-electron chi connectivity index (χ1n) is 5.37. The second kappa shape index (κ2) is 4.63. The highest BCUT2D eigenvalue weighted by molar-refractivity contribution is 4.92. The number of ether oxygens (including phenoxy) is 1. The fourth-order valence-corrected chi connectivity index (χ4v) is 1.91. The first-order chi connectivity index (χ1) is 8.45. The van der Waals surface area contributed by atoms with E-state index in [0.717, 1.165) is 17.8 Å². The zero-order chi connectivity index (χ0) is 13.4. The lowest BCUT2D eigenvalue weighted by Gasteiger charge is -2.15. The minimum atomic E-state index is -1.08. The molecule has 0 unspecified atom stereocenters. The summed E-state index contributed by atoms with van der Waals surface area (Å²) in [5, 5.41) is 18.5. The Bertz CT molecular complexity index is 566. The maximum absolute atomic E-state index is 13.3. The Morgan fingerprint density at radius 2 is 2.22 bits per heavy atom. The third-order valence-corrected chi connectivity index (χ3v) is 2.96. The van der Waals surface area contributed by atoms with E-state index < -0.39 is 42.1 Å². The van der Waals surface area contributed by atoms with Gasteiger partial charge in [-0.1, -0.05) is 0 Å². The number of rotatable bonds is 2. The summed E-state index contributed by atoms with van der Waals surface area (Å²) in [5.74, 6) is -1.08. The van der Waals surface area contributed by atoms with Gasteiger partial charge in [-0.25, -0.2) is 4.79 Å². The predicted molar refractivity (Wildman–Crippen MR) is 57.5 cm³/mol. The third kappa shape index (κ3) is 1.98. The molecule has 1 aliphatic heterocycles. The summed E-state index contributed by atoms with van der Waals surface area (Å²) in [5.41, 5.74) is -1.76. The zero-order valence-electron chi connectivity index (χ0n) is 9.62. The summed E-state index contributed by atoms with van der Waals surface area (Å²) in [6.45, 7) is -0.402. The van der Waals surface area contributed by atoms with Crippen LogP contribution in [0.1, 0.15) is 12.6 Å². The topological polar surface area (TPSA) is 93.7 Å². The Morgan fingerprint density at radius 1 is 1.56 bits per heavy atom. The van der Waals surface area contributed by atoms with Crippen molar-refractivity contribution >= 4 is 0 Å². The second-order valence-electron chi connectivity index (χ2n) is 4.15. The molecule has 2 heterocycles. The summed E-state index contributed by atoms with van der Waals surface area (Å²) in [6, 6.07) is 0. The van der Waals surface area contributed by atoms with Crippen LogP contribution >= 0.6 is 0 Å². The van der Waals surface area contributed by atoms with E-state index in [1.165, 1.54) is 0 Å². The van der Waals surface area contributed by atoms with Crippen LogP contribution in [0.25, 0.3) is 0 Å². The van der Waals surface area contributed by atoms with Crippen LogP contribution in [-0.2, 0) is 11.8 Å². The van der Waals surface area contributed by atoms with Gasteiger partial charge < -0.3 is 14.9 Å². The molecule has 0 amide bonds. The maximum atomic E-state index is 13.3. The molecule has 3 atom stereocenters. The highest BCUT2D eigenvalue weighted by Crippen LogP contribution is 2.27. The van der Waals surface area contributed by atoms with Gasteiger partial charge in [-0.15, -0.1) is 0 Å². The lowest BCUT2D eigenvalue weighted by atomic mass is 10.2. The Hall–Kier alpha value is -1.51. The van der Waals surface area contributed by atoms with E-state index in [1.54, 1.807) is 0 Å². The molecule has 18 heavy (non-hydrogen) atoms. The lowest BCUT2D eigenvalue weighted by Crippen LogP contribution is -2.40. The summed E-state index contributed by atoms with van der Waals surface area (Å²) < 4.78 is 20.0. The van der Waals surface area contributed by atoms with Crippen molar-refractivity contribution < 1.29 is 19.3 Å². The predicted octanol–water partition coefficient (Wildman–Crippen LogP) is -1.67. The molecule has 0 bridgehead atoms. The lowest BCUT2D eigenvalue weighted by molar-refractivity contribution is -0.0465. The molecule has 1 saturated heterocycles. The molecule has 0 aliphatic carbocycles. The van der Waals surface area contributed by atoms with Crippen molar-refractivity contribution in [2.75, 3.05) is 6.61 Å². The van der Waals surface area contributed by atoms with Gasteiger partial charge >= 0.3 is 5.69 Å². The van der Waals surface area contributed by atoms with Crippen LogP contribution in [0.3, 0.4) is 0 Å². The normalized spacial score (nSPS) is 27.7. The molecule has 1 fully saturated rings. The number of hydrogen-bond donors (Lipinski definition) is 2. The van der Waals surface area contributed by atoms with Crippen LogP contribution in [0.2, 0.25) is 0 Å². The van der Waals surface area contributed by atoms with Crippen molar-refractivity contribution in [2.24, 2.45) is 7.05 Å². The van der Waals surface area contributed by atoms with Gasteiger partial charge in [0.15, 0.2) is 0 Å². The SMILES string of the molecule is Cn1c(=O)c(F)cn([C@H]2C[C@@H](O)[C@@H](CO)O2)c1=O. The van der Waals surface area contributed by atoms with E-state index in [-0.39, 0.29) is 6.42 Å². The Labute approximate surface area is 101 Å². The molecule has 0 radical (unpaired) electrons. The van der Waals surface area contributed by atoms with Crippen molar-refractivity contribution in [2.45, 2.75) is 24.9 Å². The minimum Gasteiger partial charge on any atom is -0.394 e. The van der Waals surface area contributed by atoms with Gasteiger partial charge in [0.05, 0.1) is 18.9 Å². The number of aliphatic hydroxyl groups excluding tert-OH is 2. The molecule has 0 saturated carbocycles. The van der Waals surface area contributed by atoms with Crippen molar-refractivity contribution in [1.29, 1.82) is 0 Å². The van der Waals surface area contributed by atoms with E-state index in [4.69, 9.17) is 9.84 Å². The van der Waals surface area contributed by atoms with Gasteiger partial charge in [0, 0.05) is 13.5 Å². The number of halogens is 1. The zero-order valence-corrected chi connectivity index (χ0v) is 9.62. The van der Waals surface area contributed by atoms with Gasteiger partial charge in [-0.3, -0.25) is 13.9 Å². The molecule has 0 spiro atoms. The van der Waals surface area contributed by atoms with Crippen molar-refractivity contribution in [3.8, 4) is 0 Å².